The summed E-state index contributed by atoms with van der Waals surface area (Å²) in [6.07, 6.45) is 0. The molecule has 5 heteroatoms. The van der Waals surface area contributed by atoms with Crippen LogP contribution in [0.3, 0.4) is 0 Å². The van der Waals surface area contributed by atoms with Crippen molar-refractivity contribution in [2.24, 2.45) is 0 Å². The van der Waals surface area contributed by atoms with Gasteiger partial charge in [0, 0.05) is 16.3 Å². The molecule has 3 aromatic carbocycles. The third-order valence-corrected chi connectivity index (χ3v) is 4.61. The van der Waals surface area contributed by atoms with Crippen LogP contribution in [0.15, 0.2) is 72.8 Å². The molecule has 0 aliphatic carbocycles. The molecule has 130 valence electrons. The quantitative estimate of drug-likeness (QED) is 0.594. The van der Waals surface area contributed by atoms with Gasteiger partial charge in [0.25, 0.3) is 5.91 Å². The second-order valence-corrected chi connectivity index (χ2v) is 6.58. The lowest BCUT2D eigenvalue weighted by atomic mass is 10.0. The minimum Gasteiger partial charge on any atom is -0.332 e. The molecule has 0 unspecified atom stereocenters. The van der Waals surface area contributed by atoms with Gasteiger partial charge in [0.2, 0.25) is 0 Å². The first kappa shape index (κ1) is 18.1. The summed E-state index contributed by atoms with van der Waals surface area (Å²) in [5.41, 5.74) is 4.34. The van der Waals surface area contributed by atoms with Crippen molar-refractivity contribution in [2.45, 2.75) is 6.92 Å². The number of carbonyl (C=O) groups is 1. The first-order valence-electron chi connectivity index (χ1n) is 8.07. The Morgan fingerprint density at radius 3 is 2.23 bits per heavy atom. The minimum absolute atomic E-state index is 0.229. The lowest BCUT2D eigenvalue weighted by Crippen LogP contribution is -2.34. The molecule has 0 fully saturated rings. The Morgan fingerprint density at radius 2 is 1.54 bits per heavy atom. The summed E-state index contributed by atoms with van der Waals surface area (Å²) in [7, 11) is 0. The number of halogens is 1. The van der Waals surface area contributed by atoms with E-state index in [1.54, 1.807) is 18.2 Å². The van der Waals surface area contributed by atoms with Gasteiger partial charge in [-0.2, -0.15) is 0 Å². The topological polar surface area (TPSA) is 41.1 Å². The van der Waals surface area contributed by atoms with E-state index in [0.717, 1.165) is 22.4 Å². The van der Waals surface area contributed by atoms with E-state index in [4.69, 9.17) is 23.8 Å². The largest absolute Gasteiger partial charge is 0.332 e. The summed E-state index contributed by atoms with van der Waals surface area (Å²) < 4.78 is 0. The number of carbonyl (C=O) groups excluding carboxylic acids is 1. The van der Waals surface area contributed by atoms with Gasteiger partial charge < -0.3 is 5.32 Å². The van der Waals surface area contributed by atoms with Crippen LogP contribution in [0.25, 0.3) is 11.1 Å². The van der Waals surface area contributed by atoms with Crippen molar-refractivity contribution < 1.29 is 4.79 Å². The van der Waals surface area contributed by atoms with Crippen molar-refractivity contribution in [3.8, 4) is 11.1 Å². The summed E-state index contributed by atoms with van der Waals surface area (Å²) in [6.45, 7) is 1.89. The van der Waals surface area contributed by atoms with Crippen LogP contribution in [0.2, 0.25) is 5.02 Å². The van der Waals surface area contributed by atoms with Gasteiger partial charge in [0.1, 0.15) is 0 Å². The lowest BCUT2D eigenvalue weighted by molar-refractivity contribution is 0.0978. The van der Waals surface area contributed by atoms with Crippen LogP contribution in [0, 0.1) is 6.92 Å². The Bertz CT molecular complexity index is 940. The fourth-order valence-electron chi connectivity index (χ4n) is 2.52. The van der Waals surface area contributed by atoms with Gasteiger partial charge in [-0.25, -0.2) is 0 Å². The fraction of sp³-hybridized carbons (Fsp3) is 0.0476. The summed E-state index contributed by atoms with van der Waals surface area (Å²) in [4.78, 5) is 12.4. The third-order valence-electron chi connectivity index (χ3n) is 4.00. The highest BCUT2D eigenvalue weighted by Crippen LogP contribution is 2.23. The van der Waals surface area contributed by atoms with E-state index >= 15 is 0 Å². The smallest absolute Gasteiger partial charge is 0.257 e. The second-order valence-electron chi connectivity index (χ2n) is 5.76. The highest BCUT2D eigenvalue weighted by molar-refractivity contribution is 7.80. The van der Waals surface area contributed by atoms with Crippen molar-refractivity contribution >= 4 is 40.5 Å². The number of hydrogen-bond acceptors (Lipinski definition) is 2. The molecule has 0 spiro atoms. The van der Waals surface area contributed by atoms with Crippen LogP contribution in [0.1, 0.15) is 15.9 Å². The predicted molar refractivity (Wildman–Crippen MR) is 112 cm³/mol. The van der Waals surface area contributed by atoms with Crippen molar-refractivity contribution in [2.75, 3.05) is 5.32 Å². The molecule has 0 heterocycles. The SMILES string of the molecule is Cc1c(Cl)cccc1NC(=S)NC(=O)c1ccc(-c2ccccc2)cc1. The van der Waals surface area contributed by atoms with Crippen LogP contribution < -0.4 is 10.6 Å². The first-order valence-corrected chi connectivity index (χ1v) is 8.86. The zero-order valence-electron chi connectivity index (χ0n) is 14.1. The van der Waals surface area contributed by atoms with E-state index in [2.05, 4.69) is 10.6 Å². The lowest BCUT2D eigenvalue weighted by Gasteiger charge is -2.12. The van der Waals surface area contributed by atoms with E-state index < -0.39 is 0 Å². The average Bonchev–Trinajstić information content (AvgIpc) is 2.66. The van der Waals surface area contributed by atoms with Gasteiger partial charge in [-0.15, -0.1) is 0 Å². The monoisotopic (exact) mass is 380 g/mol. The third kappa shape index (κ3) is 4.28. The molecule has 3 nitrogen and oxygen atoms in total. The molecule has 2 N–H and O–H groups in total. The zero-order valence-corrected chi connectivity index (χ0v) is 15.7. The molecule has 0 saturated carbocycles. The standard InChI is InChI=1S/C21H17ClN2OS/c1-14-18(22)8-5-9-19(14)23-21(26)24-20(25)17-12-10-16(11-13-17)15-6-3-2-4-7-15/h2-13H,1H3,(H2,23,24,25,26). The van der Waals surface area contributed by atoms with E-state index in [-0.39, 0.29) is 11.0 Å². The molecule has 0 aliphatic heterocycles. The van der Waals surface area contributed by atoms with Gasteiger partial charge in [0.15, 0.2) is 5.11 Å². The Kier molecular flexibility index (Phi) is 5.66. The van der Waals surface area contributed by atoms with Crippen LogP contribution in [0.5, 0.6) is 0 Å². The van der Waals surface area contributed by atoms with Gasteiger partial charge in [-0.3, -0.25) is 10.1 Å². The van der Waals surface area contributed by atoms with E-state index in [0.29, 0.717) is 10.6 Å². The van der Waals surface area contributed by atoms with Crippen molar-refractivity contribution in [1.82, 2.24) is 5.32 Å². The molecule has 3 aromatic rings. The van der Waals surface area contributed by atoms with Crippen molar-refractivity contribution in [1.29, 1.82) is 0 Å². The maximum absolute atomic E-state index is 12.4. The van der Waals surface area contributed by atoms with Gasteiger partial charge in [-0.05, 0) is 60.1 Å². The fourth-order valence-corrected chi connectivity index (χ4v) is 2.89. The number of rotatable bonds is 3. The summed E-state index contributed by atoms with van der Waals surface area (Å²) in [5.74, 6) is -0.262. The molecule has 1 amide bonds. The number of anilines is 1. The molecule has 0 aromatic heterocycles. The molecule has 0 aliphatic rings. The second kappa shape index (κ2) is 8.13. The normalized spacial score (nSPS) is 10.2. The number of thiocarbonyl (C=S) groups is 1. The zero-order chi connectivity index (χ0) is 18.5. The molecule has 3 rings (SSSR count). The van der Waals surface area contributed by atoms with Gasteiger partial charge in [-0.1, -0.05) is 60.1 Å². The van der Waals surface area contributed by atoms with Crippen LogP contribution in [-0.2, 0) is 0 Å². The van der Waals surface area contributed by atoms with Crippen molar-refractivity contribution in [3.05, 3.63) is 88.9 Å². The Labute approximate surface area is 163 Å². The molecule has 0 radical (unpaired) electrons. The Hall–Kier alpha value is -2.69. The molecule has 0 atom stereocenters. The Morgan fingerprint density at radius 1 is 0.885 bits per heavy atom. The molecular weight excluding hydrogens is 364 g/mol. The van der Waals surface area contributed by atoms with E-state index in [9.17, 15) is 4.79 Å². The molecule has 26 heavy (non-hydrogen) atoms. The highest BCUT2D eigenvalue weighted by Gasteiger charge is 2.10. The van der Waals surface area contributed by atoms with Crippen LogP contribution >= 0.6 is 23.8 Å². The number of nitrogens with one attached hydrogen (secondary N) is 2. The van der Waals surface area contributed by atoms with Crippen molar-refractivity contribution in [3.63, 3.8) is 0 Å². The maximum atomic E-state index is 12.4. The summed E-state index contributed by atoms with van der Waals surface area (Å²) >= 11 is 11.3. The summed E-state index contributed by atoms with van der Waals surface area (Å²) in [6, 6.07) is 22.9. The predicted octanol–water partition coefficient (Wildman–Crippen LogP) is 5.44. The van der Waals surface area contributed by atoms with Gasteiger partial charge in [0.05, 0.1) is 0 Å². The molecular formula is C21H17ClN2OS. The van der Waals surface area contributed by atoms with E-state index in [1.165, 1.54) is 0 Å². The molecule has 0 saturated heterocycles. The van der Waals surface area contributed by atoms with E-state index in [1.807, 2.05) is 61.5 Å². The number of amides is 1. The highest BCUT2D eigenvalue weighted by atomic mass is 35.5. The summed E-state index contributed by atoms with van der Waals surface area (Å²) in [5, 5.41) is 6.56. The number of benzene rings is 3. The maximum Gasteiger partial charge on any atom is 0.257 e. The number of hydrogen-bond donors (Lipinski definition) is 2. The van der Waals surface area contributed by atoms with Gasteiger partial charge >= 0.3 is 0 Å². The first-order chi connectivity index (χ1) is 12.5. The Balaban J connectivity index is 1.66. The average molecular weight is 381 g/mol. The molecule has 0 bridgehead atoms. The van der Waals surface area contributed by atoms with Crippen LogP contribution in [0.4, 0.5) is 5.69 Å². The minimum atomic E-state index is -0.262. The van der Waals surface area contributed by atoms with Crippen LogP contribution in [-0.4, -0.2) is 11.0 Å².